The summed E-state index contributed by atoms with van der Waals surface area (Å²) in [5, 5.41) is 6.10. The first-order valence-corrected chi connectivity index (χ1v) is 6.89. The lowest BCUT2D eigenvalue weighted by atomic mass is 10.1. The number of halogens is 3. The van der Waals surface area contributed by atoms with Crippen LogP contribution in [0.2, 0.25) is 0 Å². The first-order chi connectivity index (χ1) is 9.93. The molecule has 0 spiro atoms. The molecule has 0 atom stereocenters. The number of aromatic amines is 1. The molecule has 5 nitrogen and oxygen atoms in total. The molecule has 0 amide bonds. The lowest BCUT2D eigenvalue weighted by Crippen LogP contribution is -2.19. The minimum absolute atomic E-state index is 0.187. The number of aromatic nitrogens is 3. The molecular formula is C13H13BrF2N4O. The number of rotatable bonds is 4. The summed E-state index contributed by atoms with van der Waals surface area (Å²) >= 11 is 3.33. The lowest BCUT2D eigenvalue weighted by molar-refractivity contribution is 0.407. The molecule has 1 heterocycles. The molecule has 0 aliphatic carbocycles. The predicted molar refractivity (Wildman–Crippen MR) is 78.6 cm³/mol. The molecular weight excluding hydrogens is 346 g/mol. The second-order valence-corrected chi connectivity index (χ2v) is 5.37. The van der Waals surface area contributed by atoms with E-state index in [0.717, 1.165) is 10.0 Å². The Bertz CT molecular complexity index is 747. The van der Waals surface area contributed by atoms with Gasteiger partial charge in [0.25, 0.3) is 6.08 Å². The topological polar surface area (TPSA) is 76.7 Å². The van der Waals surface area contributed by atoms with E-state index in [1.54, 1.807) is 12.1 Å². The molecule has 0 fully saturated rings. The molecule has 2 rings (SSSR count). The maximum atomic E-state index is 12.7. The standard InChI is InChI=1S/C13H13BrF2N4O/c1-7-4-9(14)2-3-10(7)20-11(18-19-13(20)21)5-8(6-17)12(15)16/h2-4H,5-6,17H2,1H3,(H,19,21). The highest BCUT2D eigenvalue weighted by molar-refractivity contribution is 9.10. The Morgan fingerprint density at radius 2 is 2.19 bits per heavy atom. The Kier molecular flexibility index (Phi) is 4.69. The summed E-state index contributed by atoms with van der Waals surface area (Å²) in [5.41, 5.74) is 5.97. The fourth-order valence-electron chi connectivity index (χ4n) is 1.97. The van der Waals surface area contributed by atoms with Crippen LogP contribution in [-0.4, -0.2) is 21.3 Å². The molecule has 0 saturated carbocycles. The van der Waals surface area contributed by atoms with E-state index in [9.17, 15) is 13.6 Å². The van der Waals surface area contributed by atoms with E-state index >= 15 is 0 Å². The summed E-state index contributed by atoms with van der Waals surface area (Å²) in [7, 11) is 0. The summed E-state index contributed by atoms with van der Waals surface area (Å²) < 4.78 is 27.6. The average molecular weight is 359 g/mol. The first kappa shape index (κ1) is 15.6. The largest absolute Gasteiger partial charge is 0.347 e. The van der Waals surface area contributed by atoms with Crippen molar-refractivity contribution in [3.63, 3.8) is 0 Å². The fraction of sp³-hybridized carbons (Fsp3) is 0.231. The molecule has 3 N–H and O–H groups in total. The minimum Gasteiger partial charge on any atom is -0.327 e. The van der Waals surface area contributed by atoms with Crippen LogP contribution in [0.3, 0.4) is 0 Å². The normalized spacial score (nSPS) is 10.7. The lowest BCUT2D eigenvalue weighted by Gasteiger charge is -2.10. The Hall–Kier alpha value is -1.80. The van der Waals surface area contributed by atoms with Crippen LogP contribution in [0.1, 0.15) is 11.4 Å². The van der Waals surface area contributed by atoms with Crippen LogP contribution in [0.4, 0.5) is 8.78 Å². The van der Waals surface area contributed by atoms with Gasteiger partial charge in [0.2, 0.25) is 0 Å². The van der Waals surface area contributed by atoms with Gasteiger partial charge in [-0.1, -0.05) is 15.9 Å². The molecule has 8 heteroatoms. The summed E-state index contributed by atoms with van der Waals surface area (Å²) in [6, 6.07) is 5.31. The van der Waals surface area contributed by atoms with Gasteiger partial charge in [-0.05, 0) is 30.7 Å². The predicted octanol–water partition coefficient (Wildman–Crippen LogP) is 2.28. The zero-order chi connectivity index (χ0) is 15.6. The smallest absolute Gasteiger partial charge is 0.327 e. The van der Waals surface area contributed by atoms with Crippen LogP contribution in [0, 0.1) is 6.92 Å². The summed E-state index contributed by atoms with van der Waals surface area (Å²) in [4.78, 5) is 11.9. The Balaban J connectivity index is 2.53. The van der Waals surface area contributed by atoms with Crippen LogP contribution < -0.4 is 11.4 Å². The number of benzene rings is 1. The van der Waals surface area contributed by atoms with Crippen molar-refractivity contribution >= 4 is 15.9 Å². The molecule has 1 aromatic heterocycles. The van der Waals surface area contributed by atoms with Crippen molar-refractivity contribution < 1.29 is 8.78 Å². The highest BCUT2D eigenvalue weighted by atomic mass is 79.9. The molecule has 0 unspecified atom stereocenters. The Morgan fingerprint density at radius 1 is 1.48 bits per heavy atom. The van der Waals surface area contributed by atoms with Crippen molar-refractivity contribution in [2.75, 3.05) is 6.54 Å². The van der Waals surface area contributed by atoms with E-state index in [2.05, 4.69) is 26.1 Å². The van der Waals surface area contributed by atoms with Crippen molar-refractivity contribution in [2.45, 2.75) is 13.3 Å². The van der Waals surface area contributed by atoms with Gasteiger partial charge in [-0.2, -0.15) is 13.9 Å². The molecule has 0 aliphatic rings. The van der Waals surface area contributed by atoms with Crippen LogP contribution in [0.5, 0.6) is 0 Å². The van der Waals surface area contributed by atoms with E-state index in [1.165, 1.54) is 4.57 Å². The van der Waals surface area contributed by atoms with Gasteiger partial charge in [-0.15, -0.1) is 0 Å². The van der Waals surface area contributed by atoms with Gasteiger partial charge in [0.15, 0.2) is 0 Å². The maximum absolute atomic E-state index is 12.7. The average Bonchev–Trinajstić information content (AvgIpc) is 2.77. The van der Waals surface area contributed by atoms with E-state index in [0.29, 0.717) is 5.69 Å². The number of nitrogens with zero attached hydrogens (tertiary/aromatic N) is 2. The third-order valence-electron chi connectivity index (χ3n) is 3.03. The van der Waals surface area contributed by atoms with E-state index in [-0.39, 0.29) is 24.4 Å². The zero-order valence-electron chi connectivity index (χ0n) is 11.2. The number of nitrogens with two attached hydrogens (primary N) is 1. The van der Waals surface area contributed by atoms with Gasteiger partial charge in [-0.25, -0.2) is 14.5 Å². The zero-order valence-corrected chi connectivity index (χ0v) is 12.7. The minimum atomic E-state index is -1.84. The second-order valence-electron chi connectivity index (χ2n) is 4.46. The molecule has 2 aromatic rings. The van der Waals surface area contributed by atoms with Gasteiger partial charge >= 0.3 is 5.69 Å². The Labute approximate surface area is 127 Å². The monoisotopic (exact) mass is 358 g/mol. The second kappa shape index (κ2) is 6.31. The third-order valence-corrected chi connectivity index (χ3v) is 3.52. The fourth-order valence-corrected chi connectivity index (χ4v) is 2.45. The number of nitrogens with one attached hydrogen (secondary N) is 1. The van der Waals surface area contributed by atoms with Crippen molar-refractivity contribution in [3.8, 4) is 5.69 Å². The quantitative estimate of drug-likeness (QED) is 0.880. The number of aryl methyl sites for hydroxylation is 1. The van der Waals surface area contributed by atoms with Gasteiger partial charge < -0.3 is 5.73 Å². The number of H-pyrrole nitrogens is 1. The molecule has 1 aromatic carbocycles. The highest BCUT2D eigenvalue weighted by Crippen LogP contribution is 2.20. The van der Waals surface area contributed by atoms with E-state index < -0.39 is 11.8 Å². The molecule has 112 valence electrons. The van der Waals surface area contributed by atoms with Crippen LogP contribution in [0.25, 0.3) is 5.69 Å². The summed E-state index contributed by atoms with van der Waals surface area (Å²) in [5.74, 6) is 0.193. The number of hydrogen-bond donors (Lipinski definition) is 2. The molecule has 0 radical (unpaired) electrons. The van der Waals surface area contributed by atoms with Crippen LogP contribution in [0.15, 0.2) is 39.1 Å². The molecule has 0 bridgehead atoms. The number of hydrogen-bond acceptors (Lipinski definition) is 3. The summed E-state index contributed by atoms with van der Waals surface area (Å²) in [6.45, 7) is 1.53. The van der Waals surface area contributed by atoms with Crippen LogP contribution >= 0.6 is 15.9 Å². The van der Waals surface area contributed by atoms with Crippen molar-refractivity contribution in [2.24, 2.45) is 5.73 Å². The maximum Gasteiger partial charge on any atom is 0.347 e. The van der Waals surface area contributed by atoms with Crippen LogP contribution in [-0.2, 0) is 6.42 Å². The molecule has 0 aliphatic heterocycles. The van der Waals surface area contributed by atoms with Crippen molar-refractivity contribution in [1.82, 2.24) is 14.8 Å². The third kappa shape index (κ3) is 3.27. The van der Waals surface area contributed by atoms with Gasteiger partial charge in [0.05, 0.1) is 5.69 Å². The van der Waals surface area contributed by atoms with Gasteiger partial charge in [0, 0.05) is 23.0 Å². The Morgan fingerprint density at radius 3 is 2.76 bits per heavy atom. The first-order valence-electron chi connectivity index (χ1n) is 6.10. The van der Waals surface area contributed by atoms with E-state index in [1.807, 2.05) is 13.0 Å². The SMILES string of the molecule is Cc1cc(Br)ccc1-n1c(CC(CN)=C(F)F)n[nH]c1=O. The van der Waals surface area contributed by atoms with Crippen molar-refractivity contribution in [3.05, 3.63) is 56.2 Å². The molecule has 21 heavy (non-hydrogen) atoms. The van der Waals surface area contributed by atoms with E-state index in [4.69, 9.17) is 5.73 Å². The van der Waals surface area contributed by atoms with Gasteiger partial charge in [0.1, 0.15) is 5.82 Å². The molecule has 0 saturated heterocycles. The summed E-state index contributed by atoms with van der Waals surface area (Å²) in [6.07, 6.45) is -2.03. The van der Waals surface area contributed by atoms with Gasteiger partial charge in [-0.3, -0.25) is 0 Å². The highest BCUT2D eigenvalue weighted by Gasteiger charge is 2.16. The van der Waals surface area contributed by atoms with Crippen molar-refractivity contribution in [1.29, 1.82) is 0 Å².